The molecule has 1 aromatic heterocycles. The van der Waals surface area contributed by atoms with Crippen LogP contribution in [0.25, 0.3) is 0 Å². The zero-order chi connectivity index (χ0) is 23.3. The van der Waals surface area contributed by atoms with Crippen LogP contribution in [-0.2, 0) is 17.9 Å². The number of anilines is 1. The Kier molecular flexibility index (Phi) is 8.45. The van der Waals surface area contributed by atoms with E-state index in [1.807, 2.05) is 24.5 Å². The predicted octanol–water partition coefficient (Wildman–Crippen LogP) is 6.35. The highest BCUT2D eigenvalue weighted by molar-refractivity contribution is 7.99. The fraction of sp³-hybridized carbons (Fsp3) is 0.348. The van der Waals surface area contributed by atoms with Crippen LogP contribution in [0.5, 0.6) is 5.75 Å². The number of hydrogen-bond acceptors (Lipinski definition) is 5. The molecule has 0 radical (unpaired) electrons. The van der Waals surface area contributed by atoms with Crippen LogP contribution >= 0.6 is 35.0 Å². The van der Waals surface area contributed by atoms with Crippen molar-refractivity contribution in [2.24, 2.45) is 0 Å². The van der Waals surface area contributed by atoms with Crippen LogP contribution in [0.1, 0.15) is 43.6 Å². The molecular weight excluding hydrogens is 467 g/mol. The van der Waals surface area contributed by atoms with Gasteiger partial charge in [-0.05, 0) is 55.2 Å². The summed E-state index contributed by atoms with van der Waals surface area (Å²) in [6, 6.07) is 11.2. The van der Waals surface area contributed by atoms with Crippen LogP contribution in [0.4, 0.5) is 5.69 Å². The van der Waals surface area contributed by atoms with Gasteiger partial charge in [0.15, 0.2) is 11.0 Å². The minimum Gasteiger partial charge on any atom is -0.485 e. The number of ether oxygens (including phenoxy) is 1. The number of nitrogens with one attached hydrogen (secondary N) is 1. The molecule has 0 atom stereocenters. The Hall–Kier alpha value is -2.22. The van der Waals surface area contributed by atoms with Crippen LogP contribution in [0.2, 0.25) is 10.0 Å². The Morgan fingerprint density at radius 3 is 2.66 bits per heavy atom. The minimum atomic E-state index is -0.191. The number of thioether (sulfide) groups is 1. The fourth-order valence-corrected chi connectivity index (χ4v) is 4.42. The van der Waals surface area contributed by atoms with E-state index in [2.05, 4.69) is 41.5 Å². The van der Waals surface area contributed by atoms with Gasteiger partial charge in [-0.25, -0.2) is 0 Å². The highest BCUT2D eigenvalue weighted by atomic mass is 35.5. The Morgan fingerprint density at radius 2 is 1.97 bits per heavy atom. The molecule has 0 saturated heterocycles. The number of amides is 1. The summed E-state index contributed by atoms with van der Waals surface area (Å²) in [5, 5.41) is 12.9. The van der Waals surface area contributed by atoms with E-state index in [0.717, 1.165) is 16.9 Å². The lowest BCUT2D eigenvalue weighted by atomic mass is 10.0. The molecule has 3 rings (SSSR count). The summed E-state index contributed by atoms with van der Waals surface area (Å²) in [6.07, 6.45) is 0. The summed E-state index contributed by atoms with van der Waals surface area (Å²) < 4.78 is 8.07. The molecule has 2 aromatic carbocycles. The normalized spacial score (nSPS) is 11.1. The van der Waals surface area contributed by atoms with Crippen LogP contribution in [0, 0.1) is 6.92 Å². The number of nitrogens with zero attached hydrogens (tertiary/aromatic N) is 3. The van der Waals surface area contributed by atoms with Crippen LogP contribution in [0.15, 0.2) is 41.6 Å². The SMILES string of the molecule is CCn1c(COc2cc(C)ccc2C(C)C)nnc1SCC(=O)Nc1ccc(Cl)cc1Cl. The van der Waals surface area contributed by atoms with Gasteiger partial charge in [-0.1, -0.05) is 60.9 Å². The number of rotatable bonds is 9. The topological polar surface area (TPSA) is 69.0 Å². The third kappa shape index (κ3) is 6.18. The summed E-state index contributed by atoms with van der Waals surface area (Å²) in [5.74, 6) is 1.91. The van der Waals surface area contributed by atoms with Gasteiger partial charge in [-0.3, -0.25) is 4.79 Å². The molecule has 6 nitrogen and oxygen atoms in total. The Balaban J connectivity index is 1.64. The van der Waals surface area contributed by atoms with Crippen molar-refractivity contribution in [2.75, 3.05) is 11.1 Å². The number of carbonyl (C=O) groups excluding carboxylic acids is 1. The second-order valence-corrected chi connectivity index (χ2v) is 9.37. The molecule has 32 heavy (non-hydrogen) atoms. The van der Waals surface area contributed by atoms with E-state index in [4.69, 9.17) is 27.9 Å². The molecule has 0 aliphatic rings. The maximum Gasteiger partial charge on any atom is 0.234 e. The van der Waals surface area contributed by atoms with E-state index in [1.165, 1.54) is 11.8 Å². The first kappa shape index (κ1) is 24.4. The highest BCUT2D eigenvalue weighted by Gasteiger charge is 2.16. The Morgan fingerprint density at radius 1 is 1.19 bits per heavy atom. The minimum absolute atomic E-state index is 0.174. The van der Waals surface area contributed by atoms with E-state index in [1.54, 1.807) is 18.2 Å². The molecular formula is C23H26Cl2N4O2S. The zero-order valence-corrected chi connectivity index (χ0v) is 20.8. The summed E-state index contributed by atoms with van der Waals surface area (Å²) >= 11 is 13.3. The van der Waals surface area contributed by atoms with E-state index >= 15 is 0 Å². The predicted molar refractivity (Wildman–Crippen MR) is 131 cm³/mol. The number of hydrogen-bond donors (Lipinski definition) is 1. The number of benzene rings is 2. The molecule has 0 aliphatic carbocycles. The second kappa shape index (κ2) is 11.1. The Labute approximate surface area is 202 Å². The third-order valence-electron chi connectivity index (χ3n) is 4.80. The van der Waals surface area contributed by atoms with Gasteiger partial charge in [0, 0.05) is 11.6 Å². The van der Waals surface area contributed by atoms with Crippen molar-refractivity contribution >= 4 is 46.6 Å². The van der Waals surface area contributed by atoms with Crippen molar-refractivity contribution < 1.29 is 9.53 Å². The average molecular weight is 493 g/mol. The van der Waals surface area contributed by atoms with E-state index in [0.29, 0.717) is 45.8 Å². The molecule has 1 heterocycles. The number of aryl methyl sites for hydroxylation is 1. The van der Waals surface area contributed by atoms with Gasteiger partial charge in [0.05, 0.1) is 16.5 Å². The molecule has 1 N–H and O–H groups in total. The van der Waals surface area contributed by atoms with Crippen LogP contribution in [0.3, 0.4) is 0 Å². The van der Waals surface area contributed by atoms with E-state index in [9.17, 15) is 4.79 Å². The molecule has 0 spiro atoms. The second-order valence-electron chi connectivity index (χ2n) is 7.59. The standard InChI is InChI=1S/C23H26Cl2N4O2S/c1-5-29-21(12-31-20-10-15(4)6-8-17(20)14(2)3)27-28-23(29)32-13-22(30)26-19-9-7-16(24)11-18(19)25/h6-11,14H,5,12-13H2,1-4H3,(H,26,30). The van der Waals surface area contributed by atoms with Crippen molar-refractivity contribution in [3.63, 3.8) is 0 Å². The smallest absolute Gasteiger partial charge is 0.234 e. The largest absolute Gasteiger partial charge is 0.485 e. The molecule has 170 valence electrons. The van der Waals surface area contributed by atoms with Crippen LogP contribution in [-0.4, -0.2) is 26.4 Å². The summed E-state index contributed by atoms with van der Waals surface area (Å²) in [6.45, 7) is 9.31. The third-order valence-corrected chi connectivity index (χ3v) is 6.31. The summed E-state index contributed by atoms with van der Waals surface area (Å²) in [5.41, 5.74) is 2.82. The highest BCUT2D eigenvalue weighted by Crippen LogP contribution is 2.29. The first-order valence-corrected chi connectivity index (χ1v) is 12.1. The number of halogens is 2. The van der Waals surface area contributed by atoms with Gasteiger partial charge in [0.25, 0.3) is 0 Å². The first-order valence-electron chi connectivity index (χ1n) is 10.3. The quantitative estimate of drug-likeness (QED) is 0.352. The van der Waals surface area contributed by atoms with Gasteiger partial charge in [-0.2, -0.15) is 0 Å². The fourth-order valence-electron chi connectivity index (χ4n) is 3.14. The van der Waals surface area contributed by atoms with Crippen molar-refractivity contribution in [1.82, 2.24) is 14.8 Å². The maximum absolute atomic E-state index is 12.4. The monoisotopic (exact) mass is 492 g/mol. The van der Waals surface area contributed by atoms with Crippen molar-refractivity contribution in [1.29, 1.82) is 0 Å². The van der Waals surface area contributed by atoms with E-state index in [-0.39, 0.29) is 11.7 Å². The summed E-state index contributed by atoms with van der Waals surface area (Å²) in [4.78, 5) is 12.4. The molecule has 0 aliphatic heterocycles. The lowest BCUT2D eigenvalue weighted by molar-refractivity contribution is -0.113. The van der Waals surface area contributed by atoms with E-state index < -0.39 is 0 Å². The van der Waals surface area contributed by atoms with Crippen molar-refractivity contribution in [3.05, 3.63) is 63.4 Å². The molecule has 1 amide bonds. The Bertz CT molecular complexity index is 1100. The summed E-state index contributed by atoms with van der Waals surface area (Å²) in [7, 11) is 0. The number of carbonyl (C=O) groups is 1. The zero-order valence-electron chi connectivity index (χ0n) is 18.5. The van der Waals surface area contributed by atoms with Gasteiger partial charge in [-0.15, -0.1) is 10.2 Å². The molecule has 9 heteroatoms. The lowest BCUT2D eigenvalue weighted by Gasteiger charge is -2.15. The molecule has 0 saturated carbocycles. The number of aromatic nitrogens is 3. The first-order chi connectivity index (χ1) is 15.3. The van der Waals surface area contributed by atoms with Crippen molar-refractivity contribution in [3.8, 4) is 5.75 Å². The van der Waals surface area contributed by atoms with Gasteiger partial charge in [0.2, 0.25) is 5.91 Å². The average Bonchev–Trinajstić information content (AvgIpc) is 3.14. The lowest BCUT2D eigenvalue weighted by Crippen LogP contribution is -2.15. The van der Waals surface area contributed by atoms with Gasteiger partial charge >= 0.3 is 0 Å². The molecule has 0 fully saturated rings. The van der Waals surface area contributed by atoms with Crippen LogP contribution < -0.4 is 10.1 Å². The van der Waals surface area contributed by atoms with Gasteiger partial charge < -0.3 is 14.6 Å². The maximum atomic E-state index is 12.4. The van der Waals surface area contributed by atoms with Crippen molar-refractivity contribution in [2.45, 2.75) is 51.9 Å². The van der Waals surface area contributed by atoms with Gasteiger partial charge in [0.1, 0.15) is 12.4 Å². The molecule has 0 bridgehead atoms. The molecule has 3 aromatic rings. The molecule has 0 unspecified atom stereocenters.